The van der Waals surface area contributed by atoms with E-state index in [0.29, 0.717) is 0 Å². The molecule has 0 radical (unpaired) electrons. The highest BCUT2D eigenvalue weighted by Gasteiger charge is 2.26. The summed E-state index contributed by atoms with van der Waals surface area (Å²) in [6.07, 6.45) is 2.19. The zero-order valence-electron chi connectivity index (χ0n) is 10.3. The first-order valence-electron chi connectivity index (χ1n) is 6.00. The normalized spacial score (nSPS) is 14.5. The van der Waals surface area contributed by atoms with Crippen molar-refractivity contribution in [3.8, 4) is 0 Å². The lowest BCUT2D eigenvalue weighted by atomic mass is 9.92. The fraction of sp³-hybridized carbons (Fsp3) is 0.333. The molecule has 1 nitrogen and oxygen atoms in total. The smallest absolute Gasteiger partial charge is 0.121 e. The first-order valence-corrected chi connectivity index (χ1v) is 6.88. The summed E-state index contributed by atoms with van der Waals surface area (Å²) in [7, 11) is 0. The second-order valence-electron chi connectivity index (χ2n) is 4.50. The van der Waals surface area contributed by atoms with Crippen LogP contribution in [0.2, 0.25) is 0 Å². The topological polar surface area (TPSA) is 20.2 Å². The quantitative estimate of drug-likeness (QED) is 0.866. The average molecular weight is 246 g/mol. The summed E-state index contributed by atoms with van der Waals surface area (Å²) < 4.78 is 0. The summed E-state index contributed by atoms with van der Waals surface area (Å²) >= 11 is 1.59. The van der Waals surface area contributed by atoms with Gasteiger partial charge in [0.05, 0.1) is 0 Å². The lowest BCUT2D eigenvalue weighted by Gasteiger charge is -2.23. The van der Waals surface area contributed by atoms with E-state index in [4.69, 9.17) is 0 Å². The summed E-state index contributed by atoms with van der Waals surface area (Å²) in [5.41, 5.74) is 1.39. The molecule has 2 heteroatoms. The number of aliphatic hydroxyl groups is 1. The van der Waals surface area contributed by atoms with Crippen LogP contribution >= 0.6 is 11.3 Å². The molecule has 0 fully saturated rings. The van der Waals surface area contributed by atoms with Crippen LogP contribution in [0.25, 0.3) is 0 Å². The zero-order chi connectivity index (χ0) is 12.3. The molecule has 0 spiro atoms. The lowest BCUT2D eigenvalue weighted by molar-refractivity contribution is 0.106. The summed E-state index contributed by atoms with van der Waals surface area (Å²) in [5.74, 6) is 0. The first-order chi connectivity index (χ1) is 8.14. The predicted octanol–water partition coefficient (Wildman–Crippen LogP) is 3.96. The molecule has 1 atom stereocenters. The van der Waals surface area contributed by atoms with Gasteiger partial charge in [-0.15, -0.1) is 11.3 Å². The van der Waals surface area contributed by atoms with Crippen molar-refractivity contribution in [1.29, 1.82) is 0 Å². The molecule has 1 aromatic heterocycles. The van der Waals surface area contributed by atoms with Crippen LogP contribution < -0.4 is 0 Å². The van der Waals surface area contributed by atoms with Crippen molar-refractivity contribution in [3.63, 3.8) is 0 Å². The third kappa shape index (κ3) is 2.59. The van der Waals surface area contributed by atoms with E-state index in [1.165, 1.54) is 5.56 Å². The minimum Gasteiger partial charge on any atom is -0.380 e. The van der Waals surface area contributed by atoms with Crippen molar-refractivity contribution in [2.24, 2.45) is 0 Å². The Bertz CT molecular complexity index is 471. The Labute approximate surface area is 107 Å². The number of hydrogen-bond donors (Lipinski definition) is 1. The third-order valence-corrected chi connectivity index (χ3v) is 4.11. The van der Waals surface area contributed by atoms with Gasteiger partial charge in [-0.3, -0.25) is 0 Å². The molecule has 0 saturated heterocycles. The minimum absolute atomic E-state index is 0.877. The van der Waals surface area contributed by atoms with Crippen LogP contribution in [0.15, 0.2) is 41.8 Å². The van der Waals surface area contributed by atoms with E-state index in [2.05, 4.69) is 19.1 Å². The van der Waals surface area contributed by atoms with E-state index in [1.54, 1.807) is 11.3 Å². The molecule has 0 bridgehead atoms. The Balaban J connectivity index is 2.36. The second-order valence-corrected chi connectivity index (χ2v) is 5.45. The number of aryl methyl sites for hydroxylation is 1. The molecule has 90 valence electrons. The van der Waals surface area contributed by atoms with Crippen LogP contribution in [0.3, 0.4) is 0 Å². The fourth-order valence-corrected chi connectivity index (χ4v) is 2.82. The molecule has 1 unspecified atom stereocenters. The van der Waals surface area contributed by atoms with Gasteiger partial charge < -0.3 is 5.11 Å². The van der Waals surface area contributed by atoms with Crippen LogP contribution in [-0.4, -0.2) is 5.11 Å². The first kappa shape index (κ1) is 12.3. The Morgan fingerprint density at radius 2 is 2.06 bits per heavy atom. The zero-order valence-corrected chi connectivity index (χ0v) is 11.1. The molecule has 0 aliphatic rings. The van der Waals surface area contributed by atoms with Gasteiger partial charge in [0.1, 0.15) is 5.60 Å². The Hall–Kier alpha value is -1.12. The van der Waals surface area contributed by atoms with Gasteiger partial charge in [0.2, 0.25) is 0 Å². The maximum atomic E-state index is 10.6. The van der Waals surface area contributed by atoms with Gasteiger partial charge in [-0.25, -0.2) is 0 Å². The third-order valence-electron chi connectivity index (χ3n) is 3.03. The molecule has 0 aliphatic heterocycles. The van der Waals surface area contributed by atoms with E-state index in [1.807, 2.05) is 36.6 Å². The molecule has 0 aliphatic carbocycles. The summed E-state index contributed by atoms with van der Waals surface area (Å²) in [6.45, 7) is 4.04. The van der Waals surface area contributed by atoms with Gasteiger partial charge >= 0.3 is 0 Å². The van der Waals surface area contributed by atoms with Crippen LogP contribution in [0.4, 0.5) is 0 Å². The maximum absolute atomic E-state index is 10.6. The largest absolute Gasteiger partial charge is 0.380 e. The molecule has 1 aromatic carbocycles. The monoisotopic (exact) mass is 246 g/mol. The summed E-state index contributed by atoms with van der Waals surface area (Å²) in [6, 6.07) is 12.2. The van der Waals surface area contributed by atoms with E-state index >= 15 is 0 Å². The van der Waals surface area contributed by atoms with Crippen molar-refractivity contribution < 1.29 is 5.11 Å². The van der Waals surface area contributed by atoms with E-state index in [0.717, 1.165) is 23.3 Å². The molecule has 0 saturated carbocycles. The molecule has 1 heterocycles. The molecular weight excluding hydrogens is 228 g/mol. The van der Waals surface area contributed by atoms with Gasteiger partial charge in [-0.2, -0.15) is 0 Å². The molecule has 17 heavy (non-hydrogen) atoms. The van der Waals surface area contributed by atoms with Gasteiger partial charge in [0, 0.05) is 4.88 Å². The summed E-state index contributed by atoms with van der Waals surface area (Å²) in [4.78, 5) is 0.992. The van der Waals surface area contributed by atoms with Crippen LogP contribution in [-0.2, 0) is 12.0 Å². The highest BCUT2D eigenvalue weighted by atomic mass is 32.1. The lowest BCUT2D eigenvalue weighted by Crippen LogP contribution is -2.21. The van der Waals surface area contributed by atoms with Crippen LogP contribution in [0, 0.1) is 0 Å². The van der Waals surface area contributed by atoms with Crippen molar-refractivity contribution in [3.05, 3.63) is 57.8 Å². The van der Waals surface area contributed by atoms with Crippen molar-refractivity contribution >= 4 is 11.3 Å². The highest BCUT2D eigenvalue weighted by Crippen LogP contribution is 2.32. The minimum atomic E-state index is -0.877. The number of thiophene rings is 1. The maximum Gasteiger partial charge on any atom is 0.121 e. The number of hydrogen-bond acceptors (Lipinski definition) is 2. The van der Waals surface area contributed by atoms with Gasteiger partial charge in [-0.1, -0.05) is 43.7 Å². The fourth-order valence-electron chi connectivity index (χ4n) is 2.02. The van der Waals surface area contributed by atoms with Crippen LogP contribution in [0.5, 0.6) is 0 Å². The van der Waals surface area contributed by atoms with Crippen molar-refractivity contribution in [2.75, 3.05) is 0 Å². The SMILES string of the molecule is CCCc1cccc(C(C)(O)c2cccs2)c1. The van der Waals surface area contributed by atoms with E-state index in [9.17, 15) is 5.11 Å². The second kappa shape index (κ2) is 5.03. The molecular formula is C15H18OS. The van der Waals surface area contributed by atoms with Crippen molar-refractivity contribution in [1.82, 2.24) is 0 Å². The van der Waals surface area contributed by atoms with Gasteiger partial charge in [0.15, 0.2) is 0 Å². The number of benzene rings is 1. The number of rotatable bonds is 4. The Kier molecular flexibility index (Phi) is 3.65. The Morgan fingerprint density at radius 3 is 2.71 bits per heavy atom. The Morgan fingerprint density at radius 1 is 1.24 bits per heavy atom. The standard InChI is InChI=1S/C15H18OS/c1-3-6-12-7-4-8-13(11-12)15(2,16)14-9-5-10-17-14/h4-5,7-11,16H,3,6H2,1-2H3. The molecule has 2 rings (SSSR count). The summed E-state index contributed by atoms with van der Waals surface area (Å²) in [5, 5.41) is 12.6. The van der Waals surface area contributed by atoms with Crippen molar-refractivity contribution in [2.45, 2.75) is 32.3 Å². The average Bonchev–Trinajstić information content (AvgIpc) is 2.84. The van der Waals surface area contributed by atoms with E-state index in [-0.39, 0.29) is 0 Å². The molecule has 1 N–H and O–H groups in total. The highest BCUT2D eigenvalue weighted by molar-refractivity contribution is 7.10. The molecule has 2 aromatic rings. The van der Waals surface area contributed by atoms with E-state index < -0.39 is 5.60 Å². The predicted molar refractivity (Wildman–Crippen MR) is 73.4 cm³/mol. The molecule has 0 amide bonds. The van der Waals surface area contributed by atoms with Gasteiger partial charge in [0.25, 0.3) is 0 Å². The van der Waals surface area contributed by atoms with Crippen LogP contribution in [0.1, 0.15) is 36.3 Å². The van der Waals surface area contributed by atoms with Gasteiger partial charge in [-0.05, 0) is 35.9 Å².